The number of methoxy groups -OCH3 is 1. The third-order valence-corrected chi connectivity index (χ3v) is 4.99. The van der Waals surface area contributed by atoms with E-state index >= 15 is 0 Å². The normalized spacial score (nSPS) is 10.7. The summed E-state index contributed by atoms with van der Waals surface area (Å²) in [6, 6.07) is 14.2. The molecule has 1 amide bonds. The average molecular weight is 475 g/mol. The molecule has 1 heterocycles. The number of ether oxygens (including phenoxy) is 2. The van der Waals surface area contributed by atoms with E-state index in [-0.39, 0.29) is 5.91 Å². The lowest BCUT2D eigenvalue weighted by Crippen LogP contribution is -2.17. The maximum Gasteiger partial charge on any atom is 0.271 e. The Hall–Kier alpha value is -2.90. The van der Waals surface area contributed by atoms with Crippen LogP contribution < -0.4 is 14.9 Å². The van der Waals surface area contributed by atoms with E-state index in [9.17, 15) is 4.79 Å². The fourth-order valence-electron chi connectivity index (χ4n) is 2.42. The quantitative estimate of drug-likeness (QED) is 0.392. The van der Waals surface area contributed by atoms with Gasteiger partial charge in [-0.1, -0.05) is 29.8 Å². The van der Waals surface area contributed by atoms with Crippen LogP contribution in [0.25, 0.3) is 0 Å². The van der Waals surface area contributed by atoms with Gasteiger partial charge in [-0.05, 0) is 46.3 Å². The van der Waals surface area contributed by atoms with E-state index in [1.54, 1.807) is 43.8 Å². The molecule has 29 heavy (non-hydrogen) atoms. The molecule has 2 aromatic carbocycles. The number of carbonyl (C=O) groups excluding carboxylic acids is 1. The summed E-state index contributed by atoms with van der Waals surface area (Å²) < 4.78 is 12.0. The van der Waals surface area contributed by atoms with E-state index < -0.39 is 0 Å². The van der Waals surface area contributed by atoms with Crippen molar-refractivity contribution in [2.75, 3.05) is 7.11 Å². The number of benzene rings is 2. The molecule has 3 rings (SSSR count). The van der Waals surface area contributed by atoms with Crippen LogP contribution >= 0.6 is 27.5 Å². The number of hydrogen-bond donors (Lipinski definition) is 1. The van der Waals surface area contributed by atoms with Gasteiger partial charge >= 0.3 is 0 Å². The lowest BCUT2D eigenvalue weighted by molar-refractivity contribution is 0.0955. The molecule has 0 fully saturated rings. The second kappa shape index (κ2) is 10.0. The number of hydrogen-bond acceptors (Lipinski definition) is 5. The van der Waals surface area contributed by atoms with Gasteiger partial charge in [0.15, 0.2) is 11.5 Å². The SMILES string of the molecule is COc1cc(C=NNC(=O)c2ccncc2)c(Br)cc1OCc1ccccc1Cl. The van der Waals surface area contributed by atoms with Gasteiger partial charge < -0.3 is 9.47 Å². The van der Waals surface area contributed by atoms with Crippen LogP contribution in [0.1, 0.15) is 21.5 Å². The molecule has 0 bridgehead atoms. The van der Waals surface area contributed by atoms with E-state index in [2.05, 4.69) is 31.4 Å². The van der Waals surface area contributed by atoms with Crippen molar-refractivity contribution in [3.63, 3.8) is 0 Å². The zero-order valence-corrected chi connectivity index (χ0v) is 17.8. The van der Waals surface area contributed by atoms with Crippen molar-refractivity contribution >= 4 is 39.7 Å². The van der Waals surface area contributed by atoms with Crippen LogP contribution in [0, 0.1) is 0 Å². The molecular formula is C21H17BrClN3O3. The molecule has 148 valence electrons. The van der Waals surface area contributed by atoms with Crippen LogP contribution in [0.3, 0.4) is 0 Å². The molecule has 0 spiro atoms. The van der Waals surface area contributed by atoms with Gasteiger partial charge in [0.1, 0.15) is 6.61 Å². The predicted octanol–water partition coefficient (Wildman–Crippen LogP) is 4.85. The van der Waals surface area contributed by atoms with Crippen LogP contribution in [-0.4, -0.2) is 24.2 Å². The summed E-state index contributed by atoms with van der Waals surface area (Å²) in [5, 5.41) is 4.64. The van der Waals surface area contributed by atoms with E-state index in [4.69, 9.17) is 21.1 Å². The summed E-state index contributed by atoms with van der Waals surface area (Å²) in [6.45, 7) is 0.303. The minimum absolute atomic E-state index is 0.303. The Balaban J connectivity index is 1.70. The number of nitrogens with one attached hydrogen (secondary N) is 1. The van der Waals surface area contributed by atoms with Gasteiger partial charge in [-0.25, -0.2) is 5.43 Å². The monoisotopic (exact) mass is 473 g/mol. The molecule has 3 aromatic rings. The standard InChI is InChI=1S/C21H17BrClN3O3/c1-28-19-10-16(12-25-26-21(27)14-6-8-24-9-7-14)17(22)11-20(19)29-13-15-4-2-3-5-18(15)23/h2-12H,13H2,1H3,(H,26,27). The maximum absolute atomic E-state index is 12.0. The maximum atomic E-state index is 12.0. The first-order chi connectivity index (χ1) is 14.1. The zero-order valence-electron chi connectivity index (χ0n) is 15.4. The summed E-state index contributed by atoms with van der Waals surface area (Å²) in [4.78, 5) is 15.9. The van der Waals surface area contributed by atoms with Gasteiger partial charge in [-0.2, -0.15) is 5.10 Å². The van der Waals surface area contributed by atoms with Gasteiger partial charge in [0.25, 0.3) is 5.91 Å². The largest absolute Gasteiger partial charge is 0.493 e. The summed E-state index contributed by atoms with van der Waals surface area (Å²) >= 11 is 9.66. The number of pyridine rings is 1. The van der Waals surface area contributed by atoms with E-state index in [0.717, 1.165) is 10.0 Å². The molecule has 8 heteroatoms. The summed E-state index contributed by atoms with van der Waals surface area (Å²) in [6.07, 6.45) is 4.60. The molecule has 0 radical (unpaired) electrons. The molecule has 6 nitrogen and oxygen atoms in total. The molecule has 0 aliphatic heterocycles. The number of amides is 1. The Morgan fingerprint density at radius 2 is 1.97 bits per heavy atom. The van der Waals surface area contributed by atoms with Crippen LogP contribution in [-0.2, 0) is 6.61 Å². The minimum atomic E-state index is -0.327. The number of halogens is 2. The smallest absolute Gasteiger partial charge is 0.271 e. The van der Waals surface area contributed by atoms with E-state index in [0.29, 0.717) is 34.3 Å². The van der Waals surface area contributed by atoms with E-state index in [1.807, 2.05) is 24.3 Å². The van der Waals surface area contributed by atoms with Crippen LogP contribution in [0.15, 0.2) is 70.5 Å². The highest BCUT2D eigenvalue weighted by Gasteiger charge is 2.11. The van der Waals surface area contributed by atoms with Crippen molar-refractivity contribution in [3.8, 4) is 11.5 Å². The predicted molar refractivity (Wildman–Crippen MR) is 116 cm³/mol. The van der Waals surface area contributed by atoms with Gasteiger partial charge in [0.2, 0.25) is 0 Å². The van der Waals surface area contributed by atoms with Gasteiger partial charge in [-0.15, -0.1) is 0 Å². The second-order valence-corrected chi connectivity index (χ2v) is 7.10. The third-order valence-electron chi connectivity index (χ3n) is 3.94. The highest BCUT2D eigenvalue weighted by Crippen LogP contribution is 2.33. The van der Waals surface area contributed by atoms with Crippen molar-refractivity contribution in [2.45, 2.75) is 6.61 Å². The minimum Gasteiger partial charge on any atom is -0.493 e. The van der Waals surface area contributed by atoms with Crippen molar-refractivity contribution in [3.05, 3.63) is 87.1 Å². The van der Waals surface area contributed by atoms with Crippen molar-refractivity contribution in [1.29, 1.82) is 0 Å². The molecule has 0 saturated carbocycles. The number of nitrogens with zero attached hydrogens (tertiary/aromatic N) is 2. The van der Waals surface area contributed by atoms with E-state index in [1.165, 1.54) is 6.21 Å². The van der Waals surface area contributed by atoms with Gasteiger partial charge in [-0.3, -0.25) is 9.78 Å². The Morgan fingerprint density at radius 3 is 2.69 bits per heavy atom. The van der Waals surface area contributed by atoms with Crippen molar-refractivity contribution in [2.24, 2.45) is 5.10 Å². The van der Waals surface area contributed by atoms with Crippen molar-refractivity contribution < 1.29 is 14.3 Å². The highest BCUT2D eigenvalue weighted by atomic mass is 79.9. The topological polar surface area (TPSA) is 72.8 Å². The molecule has 1 N–H and O–H groups in total. The molecule has 0 saturated heterocycles. The molecule has 1 aromatic heterocycles. The highest BCUT2D eigenvalue weighted by molar-refractivity contribution is 9.10. The Morgan fingerprint density at radius 1 is 1.21 bits per heavy atom. The Labute approximate surface area is 181 Å². The third kappa shape index (κ3) is 5.56. The Kier molecular flexibility index (Phi) is 7.21. The van der Waals surface area contributed by atoms with Gasteiger partial charge in [0, 0.05) is 38.6 Å². The van der Waals surface area contributed by atoms with Gasteiger partial charge in [0.05, 0.1) is 13.3 Å². The lowest BCUT2D eigenvalue weighted by Gasteiger charge is -2.13. The van der Waals surface area contributed by atoms with Crippen LogP contribution in [0.4, 0.5) is 0 Å². The first-order valence-corrected chi connectivity index (χ1v) is 9.72. The molecule has 0 unspecified atom stereocenters. The molecule has 0 aliphatic rings. The second-order valence-electron chi connectivity index (χ2n) is 5.84. The molecule has 0 atom stereocenters. The number of rotatable bonds is 7. The fourth-order valence-corrected chi connectivity index (χ4v) is 3.04. The number of aromatic nitrogens is 1. The first kappa shape index (κ1) is 20.8. The Bertz CT molecular complexity index is 1030. The summed E-state index contributed by atoms with van der Waals surface area (Å²) in [7, 11) is 1.55. The summed E-state index contributed by atoms with van der Waals surface area (Å²) in [5.41, 5.74) is 4.53. The number of carbonyl (C=O) groups is 1. The fraction of sp³-hybridized carbons (Fsp3) is 0.0952. The van der Waals surface area contributed by atoms with Crippen LogP contribution in [0.5, 0.6) is 11.5 Å². The number of hydrazone groups is 1. The molecular weight excluding hydrogens is 458 g/mol. The van der Waals surface area contributed by atoms with Crippen molar-refractivity contribution in [1.82, 2.24) is 10.4 Å². The average Bonchev–Trinajstić information content (AvgIpc) is 2.75. The van der Waals surface area contributed by atoms with Crippen LogP contribution in [0.2, 0.25) is 5.02 Å². The zero-order chi connectivity index (χ0) is 20.6. The summed E-state index contributed by atoms with van der Waals surface area (Å²) in [5.74, 6) is 0.755. The lowest BCUT2D eigenvalue weighted by atomic mass is 10.2. The first-order valence-electron chi connectivity index (χ1n) is 8.55. The molecule has 0 aliphatic carbocycles.